The van der Waals surface area contributed by atoms with Gasteiger partial charge in [0.2, 0.25) is 0 Å². The Labute approximate surface area is 136 Å². The highest BCUT2D eigenvalue weighted by molar-refractivity contribution is 5.87. The maximum atomic E-state index is 10.9. The van der Waals surface area contributed by atoms with Crippen molar-refractivity contribution in [2.24, 2.45) is 0 Å². The molecule has 2 aromatic heterocycles. The van der Waals surface area contributed by atoms with Crippen LogP contribution in [0, 0.1) is 10.1 Å². The summed E-state index contributed by atoms with van der Waals surface area (Å²) < 4.78 is 1.91. The lowest BCUT2D eigenvalue weighted by atomic mass is 10.1. The fraction of sp³-hybridized carbons (Fsp3) is 0.0588. The van der Waals surface area contributed by atoms with Gasteiger partial charge in [0, 0.05) is 30.3 Å². The van der Waals surface area contributed by atoms with Crippen molar-refractivity contribution in [2.75, 3.05) is 0 Å². The number of phenolic OH excluding ortho intramolecular Hbond substituents is 1. The molecule has 0 atom stereocenters. The van der Waals surface area contributed by atoms with E-state index in [4.69, 9.17) is 0 Å². The number of rotatable bonds is 3. The third kappa shape index (κ3) is 2.23. The molecule has 0 fully saturated rings. The zero-order valence-corrected chi connectivity index (χ0v) is 12.5. The van der Waals surface area contributed by atoms with Gasteiger partial charge in [-0.25, -0.2) is 4.98 Å². The van der Waals surface area contributed by atoms with Gasteiger partial charge in [0.25, 0.3) is 5.69 Å². The van der Waals surface area contributed by atoms with Gasteiger partial charge in [0.05, 0.1) is 22.3 Å². The van der Waals surface area contributed by atoms with Gasteiger partial charge >= 0.3 is 0 Å². The van der Waals surface area contributed by atoms with E-state index in [1.807, 2.05) is 22.8 Å². The Balaban J connectivity index is 1.80. The first-order valence-electron chi connectivity index (χ1n) is 7.28. The minimum absolute atomic E-state index is 0.0204. The summed E-state index contributed by atoms with van der Waals surface area (Å²) in [7, 11) is 0. The second kappa shape index (κ2) is 5.31. The van der Waals surface area contributed by atoms with Crippen LogP contribution in [0.4, 0.5) is 5.69 Å². The number of nitro groups is 1. The van der Waals surface area contributed by atoms with Crippen LogP contribution in [0.3, 0.4) is 0 Å². The Morgan fingerprint density at radius 2 is 2.04 bits per heavy atom. The highest BCUT2D eigenvalue weighted by Crippen LogP contribution is 2.27. The lowest BCUT2D eigenvalue weighted by Gasteiger charge is -2.09. The summed E-state index contributed by atoms with van der Waals surface area (Å²) in [5.74, 6) is 0.139. The highest BCUT2D eigenvalue weighted by atomic mass is 16.6. The van der Waals surface area contributed by atoms with Crippen molar-refractivity contribution in [1.29, 1.82) is 0 Å². The fourth-order valence-electron chi connectivity index (χ4n) is 2.83. The predicted octanol–water partition coefficient (Wildman–Crippen LogP) is 3.25. The first-order valence-corrected chi connectivity index (χ1v) is 7.28. The van der Waals surface area contributed by atoms with Gasteiger partial charge in [0.1, 0.15) is 11.3 Å². The molecule has 118 valence electrons. The number of nitrogens with zero attached hydrogens (tertiary/aromatic N) is 4. The van der Waals surface area contributed by atoms with E-state index in [1.165, 1.54) is 12.1 Å². The van der Waals surface area contributed by atoms with Crippen LogP contribution in [0.25, 0.3) is 21.9 Å². The SMILES string of the molecule is O=[N+]([O-])c1ccc2c(c1)ncn2Cc1ccc(O)c2ncccc12. The molecule has 0 aliphatic carbocycles. The maximum Gasteiger partial charge on any atom is 0.271 e. The molecule has 7 heteroatoms. The Morgan fingerprint density at radius 1 is 1.17 bits per heavy atom. The minimum Gasteiger partial charge on any atom is -0.506 e. The van der Waals surface area contributed by atoms with Crippen LogP contribution in [-0.4, -0.2) is 24.6 Å². The normalized spacial score (nSPS) is 11.2. The number of fused-ring (bicyclic) bond motifs is 2. The third-order valence-corrected chi connectivity index (χ3v) is 3.99. The molecule has 0 bridgehead atoms. The lowest BCUT2D eigenvalue weighted by molar-refractivity contribution is -0.384. The van der Waals surface area contributed by atoms with Gasteiger partial charge in [-0.2, -0.15) is 0 Å². The van der Waals surface area contributed by atoms with Crippen molar-refractivity contribution < 1.29 is 10.0 Å². The molecule has 0 amide bonds. The number of aromatic nitrogens is 3. The van der Waals surface area contributed by atoms with Crippen LogP contribution >= 0.6 is 0 Å². The third-order valence-electron chi connectivity index (χ3n) is 3.99. The number of hydrogen-bond acceptors (Lipinski definition) is 5. The lowest BCUT2D eigenvalue weighted by Crippen LogP contribution is -1.99. The smallest absolute Gasteiger partial charge is 0.271 e. The summed E-state index contributed by atoms with van der Waals surface area (Å²) in [6.07, 6.45) is 3.29. The Hall–Kier alpha value is -3.48. The molecule has 0 radical (unpaired) electrons. The van der Waals surface area contributed by atoms with E-state index >= 15 is 0 Å². The molecule has 24 heavy (non-hydrogen) atoms. The Bertz CT molecular complexity index is 1090. The molecule has 0 unspecified atom stereocenters. The van der Waals surface area contributed by atoms with E-state index in [2.05, 4.69) is 9.97 Å². The van der Waals surface area contributed by atoms with E-state index in [0.717, 1.165) is 16.5 Å². The summed E-state index contributed by atoms with van der Waals surface area (Å²) >= 11 is 0. The van der Waals surface area contributed by atoms with Gasteiger partial charge in [-0.1, -0.05) is 12.1 Å². The van der Waals surface area contributed by atoms with Crippen LogP contribution < -0.4 is 0 Å². The topological polar surface area (TPSA) is 94.1 Å². The standard InChI is InChI=1S/C17H12N4O3/c22-16-6-3-11(13-2-1-7-18-17(13)16)9-20-10-19-14-8-12(21(23)24)4-5-15(14)20/h1-8,10,22H,9H2. The van der Waals surface area contributed by atoms with Crippen LogP contribution in [0.15, 0.2) is 55.0 Å². The molecule has 0 saturated heterocycles. The molecule has 4 rings (SSSR count). The van der Waals surface area contributed by atoms with Gasteiger partial charge < -0.3 is 9.67 Å². The monoisotopic (exact) mass is 320 g/mol. The zero-order chi connectivity index (χ0) is 16.7. The molecule has 0 spiro atoms. The molecule has 0 saturated carbocycles. The summed E-state index contributed by atoms with van der Waals surface area (Å²) in [4.78, 5) is 18.9. The number of nitro benzene ring substituents is 1. The number of aromatic hydroxyl groups is 1. The maximum absolute atomic E-state index is 10.9. The van der Waals surface area contributed by atoms with Crippen molar-refractivity contribution in [1.82, 2.24) is 14.5 Å². The van der Waals surface area contributed by atoms with Crippen molar-refractivity contribution >= 4 is 27.6 Å². The number of benzene rings is 2. The van der Waals surface area contributed by atoms with E-state index < -0.39 is 4.92 Å². The molecule has 2 heterocycles. The van der Waals surface area contributed by atoms with E-state index in [1.54, 1.807) is 24.7 Å². The first kappa shape index (κ1) is 14.1. The van der Waals surface area contributed by atoms with Crippen molar-refractivity contribution in [3.8, 4) is 5.75 Å². The van der Waals surface area contributed by atoms with Crippen molar-refractivity contribution in [3.63, 3.8) is 0 Å². The van der Waals surface area contributed by atoms with Crippen LogP contribution in [0.1, 0.15) is 5.56 Å². The van der Waals surface area contributed by atoms with Crippen molar-refractivity contribution in [3.05, 3.63) is 70.7 Å². The number of pyridine rings is 1. The molecular weight excluding hydrogens is 308 g/mol. The number of phenols is 1. The largest absolute Gasteiger partial charge is 0.506 e. The average Bonchev–Trinajstić information content (AvgIpc) is 3.00. The molecule has 0 aliphatic heterocycles. The van der Waals surface area contributed by atoms with Gasteiger partial charge in [-0.3, -0.25) is 15.1 Å². The number of hydrogen-bond donors (Lipinski definition) is 1. The van der Waals surface area contributed by atoms with Crippen LogP contribution in [0.5, 0.6) is 5.75 Å². The van der Waals surface area contributed by atoms with Crippen LogP contribution in [-0.2, 0) is 6.54 Å². The highest BCUT2D eigenvalue weighted by Gasteiger charge is 2.12. The second-order valence-electron chi connectivity index (χ2n) is 5.45. The number of imidazole rings is 1. The van der Waals surface area contributed by atoms with E-state index in [9.17, 15) is 15.2 Å². The van der Waals surface area contributed by atoms with Gasteiger partial charge in [-0.15, -0.1) is 0 Å². The molecule has 1 N–H and O–H groups in total. The van der Waals surface area contributed by atoms with E-state index in [0.29, 0.717) is 17.6 Å². The second-order valence-corrected chi connectivity index (χ2v) is 5.45. The molecule has 7 nitrogen and oxygen atoms in total. The Kier molecular flexibility index (Phi) is 3.13. The number of non-ortho nitro benzene ring substituents is 1. The molecule has 0 aliphatic rings. The van der Waals surface area contributed by atoms with Crippen LogP contribution in [0.2, 0.25) is 0 Å². The molecular formula is C17H12N4O3. The van der Waals surface area contributed by atoms with Gasteiger partial charge in [0.15, 0.2) is 0 Å². The Morgan fingerprint density at radius 3 is 2.88 bits per heavy atom. The summed E-state index contributed by atoms with van der Waals surface area (Å²) in [5.41, 5.74) is 2.94. The quantitative estimate of drug-likeness (QED) is 0.462. The minimum atomic E-state index is -0.433. The first-order chi connectivity index (χ1) is 11.6. The average molecular weight is 320 g/mol. The molecule has 4 aromatic rings. The van der Waals surface area contributed by atoms with Gasteiger partial charge in [-0.05, 0) is 23.8 Å². The predicted molar refractivity (Wildman–Crippen MR) is 88.9 cm³/mol. The fourth-order valence-corrected chi connectivity index (χ4v) is 2.83. The van der Waals surface area contributed by atoms with E-state index in [-0.39, 0.29) is 11.4 Å². The van der Waals surface area contributed by atoms with Crippen molar-refractivity contribution in [2.45, 2.75) is 6.54 Å². The summed E-state index contributed by atoms with van der Waals surface area (Å²) in [6, 6.07) is 11.8. The zero-order valence-electron chi connectivity index (χ0n) is 12.5. The summed E-state index contributed by atoms with van der Waals surface area (Å²) in [6.45, 7) is 0.525. The summed E-state index contributed by atoms with van der Waals surface area (Å²) in [5, 5.41) is 21.7. The molecule has 2 aromatic carbocycles.